The Morgan fingerprint density at radius 1 is 0.889 bits per heavy atom. The standard InChI is InChI=1S/C21H27NO4.ClH/c1-24-18-10-7-16(8-11-18)6-4-5-13-22-15-19(23)17-9-12-20(25-2)21(14-17)26-3;/h7-12,14,22H,4-6,13,15H2,1-3H3;1H. The minimum atomic E-state index is 0. The first-order valence-electron chi connectivity index (χ1n) is 8.76. The van der Waals surface area contributed by atoms with Gasteiger partial charge in [-0.3, -0.25) is 4.79 Å². The van der Waals surface area contributed by atoms with Crippen LogP contribution in [0.1, 0.15) is 28.8 Å². The van der Waals surface area contributed by atoms with E-state index in [0.29, 0.717) is 23.6 Å². The molecule has 0 saturated heterocycles. The molecule has 1 N–H and O–H groups in total. The van der Waals surface area contributed by atoms with E-state index in [1.807, 2.05) is 12.1 Å². The second kappa shape index (κ2) is 12.2. The number of carbonyl (C=O) groups excluding carboxylic acids is 1. The minimum absolute atomic E-state index is 0. The molecule has 6 heteroatoms. The average Bonchev–Trinajstić information content (AvgIpc) is 2.70. The molecule has 0 bridgehead atoms. The topological polar surface area (TPSA) is 56.8 Å². The summed E-state index contributed by atoms with van der Waals surface area (Å²) >= 11 is 0. The molecule has 0 aliphatic carbocycles. The summed E-state index contributed by atoms with van der Waals surface area (Å²) in [6.07, 6.45) is 3.12. The van der Waals surface area contributed by atoms with Crippen LogP contribution in [0.2, 0.25) is 0 Å². The average molecular weight is 394 g/mol. The lowest BCUT2D eigenvalue weighted by Gasteiger charge is -2.09. The summed E-state index contributed by atoms with van der Waals surface area (Å²) in [5, 5.41) is 3.21. The van der Waals surface area contributed by atoms with Gasteiger partial charge >= 0.3 is 0 Å². The van der Waals surface area contributed by atoms with Gasteiger partial charge in [0.05, 0.1) is 27.9 Å². The van der Waals surface area contributed by atoms with Crippen LogP contribution in [0.25, 0.3) is 0 Å². The third-order valence-electron chi connectivity index (χ3n) is 4.22. The Balaban J connectivity index is 0.00000364. The normalized spacial score (nSPS) is 10.0. The van der Waals surface area contributed by atoms with E-state index in [9.17, 15) is 4.79 Å². The number of rotatable bonds is 11. The Morgan fingerprint density at radius 3 is 2.22 bits per heavy atom. The number of ketones is 1. The molecule has 0 aliphatic rings. The molecular formula is C21H28ClNO4. The lowest BCUT2D eigenvalue weighted by Crippen LogP contribution is -2.24. The summed E-state index contributed by atoms with van der Waals surface area (Å²) in [6, 6.07) is 13.4. The molecule has 0 aromatic heterocycles. The molecule has 0 spiro atoms. The largest absolute Gasteiger partial charge is 0.497 e. The van der Waals surface area contributed by atoms with Crippen molar-refractivity contribution in [3.63, 3.8) is 0 Å². The Hall–Kier alpha value is -2.24. The van der Waals surface area contributed by atoms with E-state index in [-0.39, 0.29) is 18.2 Å². The monoisotopic (exact) mass is 393 g/mol. The van der Waals surface area contributed by atoms with Crippen molar-refractivity contribution in [2.45, 2.75) is 19.3 Å². The molecule has 5 nitrogen and oxygen atoms in total. The quantitative estimate of drug-likeness (QED) is 0.463. The zero-order chi connectivity index (χ0) is 18.8. The molecule has 0 radical (unpaired) electrons. The molecule has 0 heterocycles. The number of aryl methyl sites for hydroxylation is 1. The lowest BCUT2D eigenvalue weighted by molar-refractivity contribution is 0.0990. The third-order valence-corrected chi connectivity index (χ3v) is 4.22. The van der Waals surface area contributed by atoms with E-state index >= 15 is 0 Å². The summed E-state index contributed by atoms with van der Waals surface area (Å²) < 4.78 is 15.6. The molecule has 148 valence electrons. The van der Waals surface area contributed by atoms with Gasteiger partial charge in [0.15, 0.2) is 17.3 Å². The van der Waals surface area contributed by atoms with Gasteiger partial charge in [0.2, 0.25) is 0 Å². The van der Waals surface area contributed by atoms with Crippen molar-refractivity contribution in [1.82, 2.24) is 5.32 Å². The fourth-order valence-electron chi connectivity index (χ4n) is 2.68. The number of halogens is 1. The molecule has 0 saturated carbocycles. The molecule has 27 heavy (non-hydrogen) atoms. The Kier molecular flexibility index (Phi) is 10.3. The highest BCUT2D eigenvalue weighted by Gasteiger charge is 2.10. The molecule has 0 atom stereocenters. The fourth-order valence-corrected chi connectivity index (χ4v) is 2.68. The Labute approximate surface area is 167 Å². The predicted octanol–water partition coefficient (Wildman–Crippen LogP) is 3.93. The van der Waals surface area contributed by atoms with Crippen LogP contribution >= 0.6 is 12.4 Å². The minimum Gasteiger partial charge on any atom is -0.497 e. The van der Waals surface area contributed by atoms with Gasteiger partial charge in [0.1, 0.15) is 5.75 Å². The van der Waals surface area contributed by atoms with Crippen molar-refractivity contribution in [1.29, 1.82) is 0 Å². The van der Waals surface area contributed by atoms with Gasteiger partial charge < -0.3 is 19.5 Å². The van der Waals surface area contributed by atoms with Gasteiger partial charge in [-0.25, -0.2) is 0 Å². The van der Waals surface area contributed by atoms with Crippen LogP contribution in [0.5, 0.6) is 17.2 Å². The van der Waals surface area contributed by atoms with Crippen molar-refractivity contribution >= 4 is 18.2 Å². The van der Waals surface area contributed by atoms with E-state index in [2.05, 4.69) is 17.4 Å². The third kappa shape index (κ3) is 7.12. The second-order valence-corrected chi connectivity index (χ2v) is 5.97. The first-order valence-corrected chi connectivity index (χ1v) is 8.76. The molecule has 0 fully saturated rings. The van der Waals surface area contributed by atoms with Crippen LogP contribution in [0.3, 0.4) is 0 Å². The summed E-state index contributed by atoms with van der Waals surface area (Å²) in [5.74, 6) is 2.11. The van der Waals surface area contributed by atoms with Crippen molar-refractivity contribution < 1.29 is 19.0 Å². The van der Waals surface area contributed by atoms with Crippen LogP contribution in [0.4, 0.5) is 0 Å². The van der Waals surface area contributed by atoms with Gasteiger partial charge in [0, 0.05) is 5.56 Å². The van der Waals surface area contributed by atoms with Crippen molar-refractivity contribution in [3.05, 3.63) is 53.6 Å². The number of hydrogen-bond acceptors (Lipinski definition) is 5. The maximum Gasteiger partial charge on any atom is 0.176 e. The zero-order valence-corrected chi connectivity index (χ0v) is 16.9. The number of unbranched alkanes of at least 4 members (excludes halogenated alkanes) is 1. The molecule has 2 aromatic rings. The van der Waals surface area contributed by atoms with E-state index in [4.69, 9.17) is 14.2 Å². The molecule has 0 aliphatic heterocycles. The van der Waals surface area contributed by atoms with Gasteiger partial charge in [0.25, 0.3) is 0 Å². The van der Waals surface area contributed by atoms with Crippen LogP contribution in [-0.2, 0) is 6.42 Å². The Bertz CT molecular complexity index is 704. The highest BCUT2D eigenvalue weighted by Crippen LogP contribution is 2.27. The molecule has 0 amide bonds. The van der Waals surface area contributed by atoms with Crippen molar-refractivity contribution in [3.8, 4) is 17.2 Å². The van der Waals surface area contributed by atoms with Crippen molar-refractivity contribution in [2.24, 2.45) is 0 Å². The number of methoxy groups -OCH3 is 3. The smallest absolute Gasteiger partial charge is 0.176 e. The number of Topliss-reactive ketones (excluding diaryl/α,β-unsaturated/α-hetero) is 1. The number of hydrogen-bond donors (Lipinski definition) is 1. The molecule has 2 aromatic carbocycles. The van der Waals surface area contributed by atoms with Gasteiger partial charge in [-0.15, -0.1) is 12.4 Å². The van der Waals surface area contributed by atoms with E-state index in [1.54, 1.807) is 39.5 Å². The first kappa shape index (κ1) is 22.8. The zero-order valence-electron chi connectivity index (χ0n) is 16.1. The number of carbonyl (C=O) groups is 1. The van der Waals surface area contributed by atoms with Gasteiger partial charge in [-0.05, 0) is 61.7 Å². The summed E-state index contributed by atoms with van der Waals surface area (Å²) in [6.45, 7) is 1.13. The van der Waals surface area contributed by atoms with Crippen LogP contribution in [0, 0.1) is 0 Å². The summed E-state index contributed by atoms with van der Waals surface area (Å²) in [7, 11) is 4.81. The maximum atomic E-state index is 12.3. The van der Waals surface area contributed by atoms with Crippen LogP contribution in [-0.4, -0.2) is 40.2 Å². The number of benzene rings is 2. The van der Waals surface area contributed by atoms with E-state index in [0.717, 1.165) is 31.6 Å². The highest BCUT2D eigenvalue weighted by molar-refractivity contribution is 5.98. The maximum absolute atomic E-state index is 12.3. The van der Waals surface area contributed by atoms with E-state index in [1.165, 1.54) is 5.56 Å². The number of ether oxygens (including phenoxy) is 3. The lowest BCUT2D eigenvalue weighted by atomic mass is 10.1. The fraction of sp³-hybridized carbons (Fsp3) is 0.381. The summed E-state index contributed by atoms with van der Waals surface area (Å²) in [5.41, 5.74) is 1.92. The molecular weight excluding hydrogens is 366 g/mol. The summed E-state index contributed by atoms with van der Waals surface area (Å²) in [4.78, 5) is 12.3. The SMILES string of the molecule is COc1ccc(CCCCNCC(=O)c2ccc(OC)c(OC)c2)cc1.Cl. The van der Waals surface area contributed by atoms with Crippen molar-refractivity contribution in [2.75, 3.05) is 34.4 Å². The van der Waals surface area contributed by atoms with Gasteiger partial charge in [-0.1, -0.05) is 12.1 Å². The molecule has 2 rings (SSSR count). The second-order valence-electron chi connectivity index (χ2n) is 5.97. The number of nitrogens with one attached hydrogen (secondary N) is 1. The first-order chi connectivity index (χ1) is 12.7. The van der Waals surface area contributed by atoms with Crippen LogP contribution < -0.4 is 19.5 Å². The van der Waals surface area contributed by atoms with Crippen LogP contribution in [0.15, 0.2) is 42.5 Å². The van der Waals surface area contributed by atoms with E-state index < -0.39 is 0 Å². The molecule has 0 unspecified atom stereocenters. The van der Waals surface area contributed by atoms with Gasteiger partial charge in [-0.2, -0.15) is 0 Å². The highest BCUT2D eigenvalue weighted by atomic mass is 35.5. The Morgan fingerprint density at radius 2 is 1.59 bits per heavy atom. The predicted molar refractivity (Wildman–Crippen MR) is 110 cm³/mol.